The third kappa shape index (κ3) is 2.36. The first kappa shape index (κ1) is 15.1. The van der Waals surface area contributed by atoms with E-state index in [1.54, 1.807) is 18.4 Å². The van der Waals surface area contributed by atoms with E-state index in [1.165, 1.54) is 33.4 Å². The van der Waals surface area contributed by atoms with Gasteiger partial charge in [-0.25, -0.2) is 0 Å². The van der Waals surface area contributed by atoms with Crippen LogP contribution >= 0.6 is 11.3 Å². The smallest absolute Gasteiger partial charge is 0.129 e. The second kappa shape index (κ2) is 5.58. The van der Waals surface area contributed by atoms with E-state index >= 15 is 0 Å². The van der Waals surface area contributed by atoms with Crippen LogP contribution in [0.1, 0.15) is 44.3 Å². The number of ether oxygens (including phenoxy) is 1. The zero-order valence-electron chi connectivity index (χ0n) is 13.1. The molecule has 0 aliphatic carbocycles. The third-order valence-corrected chi connectivity index (χ3v) is 5.50. The Bertz CT molecular complexity index is 614. The minimum atomic E-state index is -0.0816. The second-order valence-electron chi connectivity index (χ2n) is 5.41. The van der Waals surface area contributed by atoms with Crippen LogP contribution in [-0.4, -0.2) is 7.11 Å². The Kier molecular flexibility index (Phi) is 4.21. The fourth-order valence-corrected chi connectivity index (χ4v) is 3.61. The largest absolute Gasteiger partial charge is 0.496 e. The Morgan fingerprint density at radius 3 is 1.90 bits per heavy atom. The second-order valence-corrected chi connectivity index (χ2v) is 6.35. The van der Waals surface area contributed by atoms with Gasteiger partial charge in [-0.2, -0.15) is 0 Å². The zero-order valence-corrected chi connectivity index (χ0v) is 13.9. The summed E-state index contributed by atoms with van der Waals surface area (Å²) in [6.07, 6.45) is 0. The van der Waals surface area contributed by atoms with Crippen LogP contribution in [0, 0.1) is 34.6 Å². The van der Waals surface area contributed by atoms with Gasteiger partial charge in [0.25, 0.3) is 0 Å². The van der Waals surface area contributed by atoms with Crippen molar-refractivity contribution in [2.24, 2.45) is 5.73 Å². The fraction of sp³-hybridized carbons (Fsp3) is 0.412. The summed E-state index contributed by atoms with van der Waals surface area (Å²) in [6.45, 7) is 10.9. The molecule has 2 rings (SSSR count). The Balaban J connectivity index is 2.57. The molecule has 0 fully saturated rings. The summed E-state index contributed by atoms with van der Waals surface area (Å²) in [6, 6.07) is 1.96. The van der Waals surface area contributed by atoms with E-state index in [2.05, 4.69) is 34.6 Å². The van der Waals surface area contributed by atoms with Gasteiger partial charge >= 0.3 is 0 Å². The zero-order chi connectivity index (χ0) is 15.0. The van der Waals surface area contributed by atoms with Gasteiger partial charge in [0.1, 0.15) is 5.75 Å². The van der Waals surface area contributed by atoms with Crippen LogP contribution in [0.4, 0.5) is 0 Å². The molecule has 0 spiro atoms. The molecule has 3 heteroatoms. The number of hydrogen-bond donors (Lipinski definition) is 1. The van der Waals surface area contributed by atoms with Crippen LogP contribution in [0.3, 0.4) is 0 Å². The monoisotopic (exact) mass is 289 g/mol. The maximum absolute atomic E-state index is 6.53. The highest BCUT2D eigenvalue weighted by Crippen LogP contribution is 2.35. The minimum absolute atomic E-state index is 0.0816. The quantitative estimate of drug-likeness (QED) is 0.912. The van der Waals surface area contributed by atoms with E-state index in [4.69, 9.17) is 10.5 Å². The lowest BCUT2D eigenvalue weighted by Gasteiger charge is -2.22. The highest BCUT2D eigenvalue weighted by Gasteiger charge is 2.20. The molecule has 0 saturated carbocycles. The van der Waals surface area contributed by atoms with E-state index in [-0.39, 0.29) is 6.04 Å². The summed E-state index contributed by atoms with van der Waals surface area (Å²) in [5.41, 5.74) is 14.5. The van der Waals surface area contributed by atoms with Crippen LogP contribution in [0.5, 0.6) is 5.75 Å². The van der Waals surface area contributed by atoms with Gasteiger partial charge in [-0.15, -0.1) is 11.3 Å². The first-order chi connectivity index (χ1) is 9.38. The van der Waals surface area contributed by atoms with Gasteiger partial charge in [0, 0.05) is 10.3 Å². The number of hydrogen-bond acceptors (Lipinski definition) is 3. The number of rotatable bonds is 3. The van der Waals surface area contributed by atoms with Crippen molar-refractivity contribution in [3.63, 3.8) is 0 Å². The van der Waals surface area contributed by atoms with Gasteiger partial charge in [0.05, 0.1) is 13.2 Å². The first-order valence-corrected chi connectivity index (χ1v) is 7.71. The number of methoxy groups -OCH3 is 1. The molecule has 0 aliphatic rings. The van der Waals surface area contributed by atoms with Crippen molar-refractivity contribution in [1.82, 2.24) is 0 Å². The summed E-state index contributed by atoms with van der Waals surface area (Å²) in [5.74, 6) is 0.885. The molecule has 0 amide bonds. The van der Waals surface area contributed by atoms with Crippen LogP contribution in [0.2, 0.25) is 0 Å². The molecular formula is C17H23NOS. The average molecular weight is 289 g/mol. The van der Waals surface area contributed by atoms with Gasteiger partial charge in [0.2, 0.25) is 0 Å². The van der Waals surface area contributed by atoms with E-state index in [9.17, 15) is 0 Å². The molecule has 1 atom stereocenters. The molecular weight excluding hydrogens is 266 g/mol. The predicted octanol–water partition coefficient (Wildman–Crippen LogP) is 4.35. The molecule has 0 bridgehead atoms. The summed E-state index contributed by atoms with van der Waals surface area (Å²) >= 11 is 1.66. The molecule has 108 valence electrons. The Hall–Kier alpha value is -1.32. The van der Waals surface area contributed by atoms with Crippen LogP contribution in [0.25, 0.3) is 0 Å². The lowest BCUT2D eigenvalue weighted by atomic mass is 9.86. The number of nitrogens with two attached hydrogens (primary N) is 1. The van der Waals surface area contributed by atoms with Crippen molar-refractivity contribution >= 4 is 11.3 Å². The Labute approximate surface area is 125 Å². The summed E-state index contributed by atoms with van der Waals surface area (Å²) < 4.78 is 5.26. The molecule has 1 aromatic carbocycles. The van der Waals surface area contributed by atoms with Gasteiger partial charge in [0.15, 0.2) is 0 Å². The van der Waals surface area contributed by atoms with E-state index in [0.717, 1.165) is 10.6 Å². The van der Waals surface area contributed by atoms with Crippen molar-refractivity contribution < 1.29 is 4.74 Å². The lowest BCUT2D eigenvalue weighted by Crippen LogP contribution is -2.16. The van der Waals surface area contributed by atoms with Gasteiger partial charge in [-0.3, -0.25) is 0 Å². The van der Waals surface area contributed by atoms with Crippen LogP contribution in [0.15, 0.2) is 11.4 Å². The molecule has 2 aromatic rings. The molecule has 2 nitrogen and oxygen atoms in total. The van der Waals surface area contributed by atoms with Crippen molar-refractivity contribution in [2.75, 3.05) is 7.11 Å². The van der Waals surface area contributed by atoms with E-state index in [1.807, 2.05) is 11.4 Å². The molecule has 2 N–H and O–H groups in total. The Morgan fingerprint density at radius 1 is 0.950 bits per heavy atom. The lowest BCUT2D eigenvalue weighted by molar-refractivity contribution is 0.416. The molecule has 1 heterocycles. The average Bonchev–Trinajstić information content (AvgIpc) is 2.92. The van der Waals surface area contributed by atoms with Crippen molar-refractivity contribution in [1.29, 1.82) is 0 Å². The van der Waals surface area contributed by atoms with Gasteiger partial charge in [-0.05, 0) is 74.1 Å². The molecule has 0 saturated heterocycles. The first-order valence-electron chi connectivity index (χ1n) is 6.83. The number of thiophene rings is 1. The maximum Gasteiger partial charge on any atom is 0.129 e. The Morgan fingerprint density at radius 2 is 1.45 bits per heavy atom. The van der Waals surface area contributed by atoms with E-state index < -0.39 is 0 Å². The highest BCUT2D eigenvalue weighted by atomic mass is 32.1. The standard InChI is InChI=1S/C17H23NOS/c1-9-10(2)12(4)16(13(5)11(9)3)17(18)15-7-14(19-6)8-20-15/h7-8,17H,18H2,1-6H3. The minimum Gasteiger partial charge on any atom is -0.496 e. The molecule has 1 unspecified atom stereocenters. The molecule has 1 aromatic heterocycles. The van der Waals surface area contributed by atoms with Crippen molar-refractivity contribution in [2.45, 2.75) is 40.7 Å². The summed E-state index contributed by atoms with van der Waals surface area (Å²) in [7, 11) is 1.69. The van der Waals surface area contributed by atoms with Crippen molar-refractivity contribution in [3.8, 4) is 5.75 Å². The molecule has 0 aliphatic heterocycles. The number of benzene rings is 1. The van der Waals surface area contributed by atoms with Crippen molar-refractivity contribution in [3.05, 3.63) is 49.7 Å². The van der Waals surface area contributed by atoms with Crippen LogP contribution in [-0.2, 0) is 0 Å². The maximum atomic E-state index is 6.53. The fourth-order valence-electron chi connectivity index (χ4n) is 2.74. The normalized spacial score (nSPS) is 12.6. The SMILES string of the molecule is COc1csc(C(N)c2c(C)c(C)c(C)c(C)c2C)c1. The van der Waals surface area contributed by atoms with Gasteiger partial charge in [-0.1, -0.05) is 0 Å². The summed E-state index contributed by atoms with van der Waals surface area (Å²) in [4.78, 5) is 1.15. The summed E-state index contributed by atoms with van der Waals surface area (Å²) in [5, 5.41) is 2.01. The highest BCUT2D eigenvalue weighted by molar-refractivity contribution is 7.10. The van der Waals surface area contributed by atoms with Gasteiger partial charge < -0.3 is 10.5 Å². The van der Waals surface area contributed by atoms with Crippen LogP contribution < -0.4 is 10.5 Å². The van der Waals surface area contributed by atoms with E-state index in [0.29, 0.717) is 0 Å². The third-order valence-electron chi connectivity index (χ3n) is 4.51. The molecule has 20 heavy (non-hydrogen) atoms. The topological polar surface area (TPSA) is 35.2 Å². The predicted molar refractivity (Wildman–Crippen MR) is 87.0 cm³/mol. The molecule has 0 radical (unpaired) electrons.